The third-order valence-corrected chi connectivity index (χ3v) is 2.78. The topological polar surface area (TPSA) is 86.2 Å². The first kappa shape index (κ1) is 9.37. The number of anilines is 1. The molecule has 0 bridgehead atoms. The van der Waals surface area contributed by atoms with E-state index in [0.29, 0.717) is 10.6 Å². The lowest BCUT2D eigenvalue weighted by atomic mass is 10.3. The minimum Gasteiger partial charge on any atom is -0.399 e. The van der Waals surface area contributed by atoms with Gasteiger partial charge < -0.3 is 5.73 Å². The van der Waals surface area contributed by atoms with Crippen LogP contribution in [0.25, 0.3) is 0 Å². The first-order valence-electron chi connectivity index (χ1n) is 3.02. The minimum absolute atomic E-state index is 0.0502. The number of benzene rings is 1. The highest BCUT2D eigenvalue weighted by molar-refractivity contribution is 7.90. The van der Waals surface area contributed by atoms with Crippen LogP contribution in [0.2, 0.25) is 0 Å². The van der Waals surface area contributed by atoms with Gasteiger partial charge in [0.15, 0.2) is 0 Å². The Kier molecular flexibility index (Phi) is 2.31. The summed E-state index contributed by atoms with van der Waals surface area (Å²) in [5.74, 6) is 0. The fourth-order valence-electron chi connectivity index (χ4n) is 0.759. The smallest absolute Gasteiger partial charge is 0.239 e. The zero-order chi connectivity index (χ0) is 9.35. The molecule has 12 heavy (non-hydrogen) atoms. The van der Waals surface area contributed by atoms with Crippen molar-refractivity contribution in [3.8, 4) is 0 Å². The molecule has 0 aliphatic heterocycles. The molecule has 0 amide bonds. The maximum atomic E-state index is 10.9. The summed E-state index contributed by atoms with van der Waals surface area (Å²) < 4.78 is 21.8. The van der Waals surface area contributed by atoms with Crippen LogP contribution in [0.5, 0.6) is 0 Å². The maximum Gasteiger partial charge on any atom is 0.239 e. The van der Waals surface area contributed by atoms with Crippen LogP contribution in [0, 0.1) is 0 Å². The molecule has 0 unspecified atom stereocenters. The van der Waals surface area contributed by atoms with Crippen LogP contribution >= 0.6 is 12.6 Å². The Bertz CT molecular complexity index is 400. The van der Waals surface area contributed by atoms with Gasteiger partial charge in [-0.15, -0.1) is 12.6 Å². The molecule has 4 N–H and O–H groups in total. The van der Waals surface area contributed by atoms with Gasteiger partial charge >= 0.3 is 0 Å². The molecule has 0 radical (unpaired) electrons. The zero-order valence-electron chi connectivity index (χ0n) is 6.06. The predicted molar refractivity (Wildman–Crippen MR) is 49.5 cm³/mol. The molecule has 0 fully saturated rings. The second-order valence-corrected chi connectivity index (χ2v) is 4.28. The Hall–Kier alpha value is -0.720. The molecular formula is C6H8N2O2S2. The molecule has 4 nitrogen and oxygen atoms in total. The number of primary sulfonamides is 1. The van der Waals surface area contributed by atoms with Crippen molar-refractivity contribution in [1.82, 2.24) is 0 Å². The second kappa shape index (κ2) is 2.96. The summed E-state index contributed by atoms with van der Waals surface area (Å²) in [7, 11) is -3.71. The summed E-state index contributed by atoms with van der Waals surface area (Å²) in [4.78, 5) is 0.248. The van der Waals surface area contributed by atoms with Crippen molar-refractivity contribution in [3.63, 3.8) is 0 Å². The fourth-order valence-corrected chi connectivity index (χ4v) is 1.94. The van der Waals surface area contributed by atoms with Crippen molar-refractivity contribution in [2.24, 2.45) is 5.14 Å². The first-order valence-corrected chi connectivity index (χ1v) is 5.02. The van der Waals surface area contributed by atoms with Gasteiger partial charge in [0.25, 0.3) is 0 Å². The van der Waals surface area contributed by atoms with Crippen molar-refractivity contribution in [3.05, 3.63) is 18.2 Å². The summed E-state index contributed by atoms with van der Waals surface area (Å²) in [6.07, 6.45) is 0. The van der Waals surface area contributed by atoms with Crippen molar-refractivity contribution in [2.75, 3.05) is 5.73 Å². The quantitative estimate of drug-likeness (QED) is 0.451. The SMILES string of the molecule is Nc1ccc(S)c(S(N)(=O)=O)c1. The Morgan fingerprint density at radius 1 is 1.33 bits per heavy atom. The Labute approximate surface area is 76.0 Å². The van der Waals surface area contributed by atoms with Crippen molar-refractivity contribution < 1.29 is 8.42 Å². The molecule has 1 aromatic rings. The lowest BCUT2D eigenvalue weighted by Crippen LogP contribution is -2.13. The molecule has 6 heteroatoms. The lowest BCUT2D eigenvalue weighted by molar-refractivity contribution is 0.596. The zero-order valence-corrected chi connectivity index (χ0v) is 7.77. The largest absolute Gasteiger partial charge is 0.399 e. The van der Waals surface area contributed by atoms with E-state index in [1.165, 1.54) is 12.1 Å². The van der Waals surface area contributed by atoms with Crippen molar-refractivity contribution in [2.45, 2.75) is 9.79 Å². The number of rotatable bonds is 1. The van der Waals surface area contributed by atoms with E-state index < -0.39 is 10.0 Å². The van der Waals surface area contributed by atoms with E-state index in [-0.39, 0.29) is 4.90 Å². The number of hydrogen-bond acceptors (Lipinski definition) is 4. The van der Waals surface area contributed by atoms with Gasteiger partial charge in [-0.05, 0) is 18.2 Å². The van der Waals surface area contributed by atoms with Crippen molar-refractivity contribution >= 4 is 28.3 Å². The molecule has 0 atom stereocenters. The van der Waals surface area contributed by atoms with E-state index >= 15 is 0 Å². The highest BCUT2D eigenvalue weighted by atomic mass is 32.2. The number of thiol groups is 1. The molecular weight excluding hydrogens is 196 g/mol. The summed E-state index contributed by atoms with van der Waals surface area (Å²) in [5, 5.41) is 4.89. The summed E-state index contributed by atoms with van der Waals surface area (Å²) >= 11 is 3.92. The Balaban J connectivity index is 3.43. The van der Waals surface area contributed by atoms with Crippen LogP contribution in [0.3, 0.4) is 0 Å². The Morgan fingerprint density at radius 2 is 1.92 bits per heavy atom. The van der Waals surface area contributed by atoms with Gasteiger partial charge in [-0.3, -0.25) is 0 Å². The van der Waals surface area contributed by atoms with Crippen molar-refractivity contribution in [1.29, 1.82) is 0 Å². The molecule has 0 aromatic heterocycles. The first-order chi connectivity index (χ1) is 5.41. The summed E-state index contributed by atoms with van der Waals surface area (Å²) in [6, 6.07) is 4.31. The average Bonchev–Trinajstić information content (AvgIpc) is 1.92. The highest BCUT2D eigenvalue weighted by Crippen LogP contribution is 2.20. The van der Waals surface area contributed by atoms with E-state index in [1.807, 2.05) is 0 Å². The van der Waals surface area contributed by atoms with Crippen LogP contribution in [0.15, 0.2) is 28.0 Å². The van der Waals surface area contributed by atoms with Crippen LogP contribution < -0.4 is 10.9 Å². The van der Waals surface area contributed by atoms with E-state index in [0.717, 1.165) is 0 Å². The average molecular weight is 204 g/mol. The number of nitrogens with two attached hydrogens (primary N) is 2. The molecule has 0 saturated heterocycles. The van der Waals surface area contributed by atoms with E-state index in [2.05, 4.69) is 12.6 Å². The Morgan fingerprint density at radius 3 is 2.33 bits per heavy atom. The van der Waals surface area contributed by atoms with Gasteiger partial charge in [-0.25, -0.2) is 13.6 Å². The number of hydrogen-bond donors (Lipinski definition) is 3. The van der Waals surface area contributed by atoms with Crippen LogP contribution in [-0.4, -0.2) is 8.42 Å². The molecule has 1 aromatic carbocycles. The monoisotopic (exact) mass is 204 g/mol. The maximum absolute atomic E-state index is 10.9. The van der Waals surface area contributed by atoms with E-state index in [9.17, 15) is 8.42 Å². The van der Waals surface area contributed by atoms with Gasteiger partial charge in [0.2, 0.25) is 10.0 Å². The minimum atomic E-state index is -3.71. The number of nitrogen functional groups attached to an aromatic ring is 1. The molecule has 0 spiro atoms. The number of sulfonamides is 1. The normalized spacial score (nSPS) is 11.5. The molecule has 0 saturated carbocycles. The predicted octanol–water partition coefficient (Wildman–Crippen LogP) is 0.205. The van der Waals surface area contributed by atoms with Crippen LogP contribution in [0.1, 0.15) is 0 Å². The van der Waals surface area contributed by atoms with Gasteiger partial charge in [-0.1, -0.05) is 0 Å². The van der Waals surface area contributed by atoms with Gasteiger partial charge in [0.1, 0.15) is 0 Å². The molecule has 0 aliphatic carbocycles. The molecule has 0 heterocycles. The standard InChI is InChI=1S/C6H8N2O2S2/c7-4-1-2-5(11)6(3-4)12(8,9)10/h1-3,11H,7H2,(H2,8,9,10). The summed E-state index contributed by atoms with van der Waals surface area (Å²) in [6.45, 7) is 0. The third kappa shape index (κ3) is 1.90. The summed E-state index contributed by atoms with van der Waals surface area (Å²) in [5.41, 5.74) is 5.71. The van der Waals surface area contributed by atoms with Gasteiger partial charge in [0.05, 0.1) is 4.90 Å². The second-order valence-electron chi connectivity index (χ2n) is 2.27. The third-order valence-electron chi connectivity index (χ3n) is 1.29. The highest BCUT2D eigenvalue weighted by Gasteiger charge is 2.11. The molecule has 0 aliphatic rings. The van der Waals surface area contributed by atoms with Crippen LogP contribution in [-0.2, 0) is 10.0 Å². The van der Waals surface area contributed by atoms with E-state index in [1.54, 1.807) is 6.07 Å². The molecule has 1 rings (SSSR count). The molecule has 66 valence electrons. The van der Waals surface area contributed by atoms with Gasteiger partial charge in [0, 0.05) is 10.6 Å². The lowest BCUT2D eigenvalue weighted by Gasteiger charge is -2.02. The fraction of sp³-hybridized carbons (Fsp3) is 0. The van der Waals surface area contributed by atoms with E-state index in [4.69, 9.17) is 10.9 Å². The van der Waals surface area contributed by atoms with Gasteiger partial charge in [-0.2, -0.15) is 0 Å². The van der Waals surface area contributed by atoms with Crippen LogP contribution in [0.4, 0.5) is 5.69 Å².